The number of hydrogen-bond acceptors (Lipinski definition) is 10. The minimum Gasteiger partial charge on any atom is -0.384 e. The van der Waals surface area contributed by atoms with E-state index in [1.54, 1.807) is 29.8 Å². The maximum atomic E-state index is 11.9. The quantitative estimate of drug-likeness (QED) is 0.396. The second-order valence-corrected chi connectivity index (χ2v) is 8.92. The van der Waals surface area contributed by atoms with E-state index in [1.807, 2.05) is 24.3 Å². The van der Waals surface area contributed by atoms with Crippen LogP contribution in [0.2, 0.25) is 0 Å². The van der Waals surface area contributed by atoms with E-state index < -0.39 is 12.0 Å². The van der Waals surface area contributed by atoms with Crippen LogP contribution in [0.25, 0.3) is 32.0 Å². The Morgan fingerprint density at radius 2 is 1.94 bits per heavy atom. The summed E-state index contributed by atoms with van der Waals surface area (Å²) in [4.78, 5) is 32.9. The Hall–Kier alpha value is -3.67. The highest BCUT2D eigenvalue weighted by molar-refractivity contribution is 7.22. The number of aromatic nitrogens is 4. The van der Waals surface area contributed by atoms with Gasteiger partial charge >= 0.3 is 0 Å². The maximum Gasteiger partial charge on any atom is 0.252 e. The van der Waals surface area contributed by atoms with Crippen molar-refractivity contribution in [3.05, 3.63) is 42.7 Å². The van der Waals surface area contributed by atoms with Crippen molar-refractivity contribution in [1.82, 2.24) is 19.9 Å². The number of fused-ring (bicyclic) bond motifs is 1. The van der Waals surface area contributed by atoms with Crippen LogP contribution in [0, 0.1) is 0 Å². The third kappa shape index (κ3) is 4.53. The molecule has 1 fully saturated rings. The lowest BCUT2D eigenvalue weighted by Crippen LogP contribution is -2.36. The highest BCUT2D eigenvalue weighted by Gasteiger charge is 2.21. The topological polar surface area (TPSA) is 139 Å². The molecule has 0 bridgehead atoms. The number of hydrogen-bond donors (Lipinski definition) is 3. The monoisotopic (exact) mass is 477 g/mol. The van der Waals surface area contributed by atoms with Gasteiger partial charge in [0, 0.05) is 36.0 Å². The lowest BCUT2D eigenvalue weighted by molar-refractivity contribution is -0.123. The molecule has 0 saturated carbocycles. The second-order valence-electron chi connectivity index (χ2n) is 7.87. The number of rotatable bonds is 5. The molecule has 4 N–H and O–H groups in total. The number of nitrogen functional groups attached to an aromatic ring is 1. The van der Waals surface area contributed by atoms with E-state index in [-0.39, 0.29) is 5.95 Å². The predicted molar refractivity (Wildman–Crippen MR) is 132 cm³/mol. The number of ether oxygens (including phenoxy) is 1. The summed E-state index contributed by atoms with van der Waals surface area (Å²) in [6, 6.07) is 9.52. The Kier molecular flexibility index (Phi) is 6.05. The number of nitrogens with one attached hydrogen (secondary N) is 1. The van der Waals surface area contributed by atoms with Crippen molar-refractivity contribution in [2.75, 3.05) is 42.3 Å². The highest BCUT2D eigenvalue weighted by Crippen LogP contribution is 2.39. The molecule has 1 aromatic carbocycles. The van der Waals surface area contributed by atoms with Gasteiger partial charge in [0.15, 0.2) is 11.6 Å². The Morgan fingerprint density at radius 3 is 2.68 bits per heavy atom. The molecule has 0 radical (unpaired) electrons. The number of carbonyl (C=O) groups is 1. The first-order valence-electron chi connectivity index (χ1n) is 10.8. The molecular weight excluding hydrogens is 454 g/mol. The fourth-order valence-corrected chi connectivity index (χ4v) is 4.74. The van der Waals surface area contributed by atoms with Crippen LogP contribution in [-0.2, 0) is 9.53 Å². The number of nitrogens with two attached hydrogens (primary N) is 1. The highest BCUT2D eigenvalue weighted by atomic mass is 32.1. The molecule has 1 aliphatic heterocycles. The Bertz CT molecular complexity index is 1330. The molecule has 5 rings (SSSR count). The van der Waals surface area contributed by atoms with Crippen LogP contribution in [0.4, 0.5) is 17.5 Å². The Labute approximate surface area is 199 Å². The molecule has 3 aromatic heterocycles. The smallest absolute Gasteiger partial charge is 0.252 e. The van der Waals surface area contributed by atoms with E-state index in [9.17, 15) is 9.90 Å². The molecular formula is C23H23N7O3S. The molecule has 11 heteroatoms. The Balaban J connectivity index is 1.59. The van der Waals surface area contributed by atoms with Gasteiger partial charge in [0.05, 0.1) is 29.0 Å². The van der Waals surface area contributed by atoms with Crippen molar-refractivity contribution in [2.45, 2.75) is 13.0 Å². The van der Waals surface area contributed by atoms with Crippen molar-refractivity contribution >= 4 is 44.9 Å². The molecule has 0 spiro atoms. The van der Waals surface area contributed by atoms with Crippen LogP contribution >= 0.6 is 11.3 Å². The van der Waals surface area contributed by atoms with Crippen LogP contribution in [0.15, 0.2) is 42.7 Å². The number of aliphatic hydroxyl groups excluding tert-OH is 1. The largest absolute Gasteiger partial charge is 0.384 e. The first-order valence-corrected chi connectivity index (χ1v) is 11.6. The van der Waals surface area contributed by atoms with Gasteiger partial charge in [-0.25, -0.2) is 19.9 Å². The van der Waals surface area contributed by atoms with Crippen molar-refractivity contribution in [1.29, 1.82) is 0 Å². The summed E-state index contributed by atoms with van der Waals surface area (Å²) in [6.45, 7) is 4.17. The standard InChI is InChI=1S/C23H23N7O3S/c1-13(31)22(32)27-16-4-2-3-14(9-16)18-10-17-19(34-18)21(30-5-7-33-8-6-30)29-20(28-17)15-11-25-23(24)26-12-15/h2-4,9-13,31H,5-8H2,1H3,(H,27,32)(H2,24,25,26). The van der Waals surface area contributed by atoms with Crippen LogP contribution in [-0.4, -0.2) is 63.4 Å². The molecule has 4 heterocycles. The molecule has 174 valence electrons. The normalized spacial score (nSPS) is 14.8. The van der Waals surface area contributed by atoms with Gasteiger partial charge in [0.2, 0.25) is 5.95 Å². The summed E-state index contributed by atoms with van der Waals surface area (Å²) in [5.74, 6) is 1.11. The molecule has 1 aliphatic rings. The minimum absolute atomic E-state index is 0.193. The van der Waals surface area contributed by atoms with Gasteiger partial charge in [-0.1, -0.05) is 12.1 Å². The molecule has 1 atom stereocenters. The fourth-order valence-electron chi connectivity index (χ4n) is 3.63. The fraction of sp³-hybridized carbons (Fsp3) is 0.261. The number of amides is 1. The van der Waals surface area contributed by atoms with E-state index >= 15 is 0 Å². The van der Waals surface area contributed by atoms with Gasteiger partial charge in [-0.15, -0.1) is 11.3 Å². The van der Waals surface area contributed by atoms with E-state index in [2.05, 4.69) is 20.2 Å². The van der Waals surface area contributed by atoms with E-state index in [0.29, 0.717) is 30.3 Å². The lowest BCUT2D eigenvalue weighted by Gasteiger charge is -2.28. The summed E-state index contributed by atoms with van der Waals surface area (Å²) in [5, 5.41) is 12.2. The molecule has 34 heavy (non-hydrogen) atoms. The van der Waals surface area contributed by atoms with Crippen molar-refractivity contribution in [3.63, 3.8) is 0 Å². The average Bonchev–Trinajstić information content (AvgIpc) is 3.29. The molecule has 1 amide bonds. The molecule has 4 aromatic rings. The summed E-state index contributed by atoms with van der Waals surface area (Å²) >= 11 is 1.59. The van der Waals surface area contributed by atoms with Gasteiger partial charge in [-0.3, -0.25) is 4.79 Å². The van der Waals surface area contributed by atoms with Crippen molar-refractivity contribution < 1.29 is 14.6 Å². The molecule has 10 nitrogen and oxygen atoms in total. The molecule has 1 unspecified atom stereocenters. The number of benzene rings is 1. The third-order valence-electron chi connectivity index (χ3n) is 5.39. The third-order valence-corrected chi connectivity index (χ3v) is 6.56. The van der Waals surface area contributed by atoms with Crippen LogP contribution < -0.4 is 16.0 Å². The number of thiophene rings is 1. The number of anilines is 3. The molecule has 1 saturated heterocycles. The summed E-state index contributed by atoms with van der Waals surface area (Å²) < 4.78 is 6.50. The summed E-state index contributed by atoms with van der Waals surface area (Å²) in [5.41, 5.74) is 8.67. The zero-order valence-corrected chi connectivity index (χ0v) is 19.2. The zero-order valence-electron chi connectivity index (χ0n) is 18.4. The molecule has 0 aliphatic carbocycles. The SMILES string of the molecule is CC(O)C(=O)Nc1cccc(-c2cc3nc(-c4cnc(N)nc4)nc(N4CCOCC4)c3s2)c1. The van der Waals surface area contributed by atoms with Crippen LogP contribution in [0.3, 0.4) is 0 Å². The number of morpholine rings is 1. The van der Waals surface area contributed by atoms with Gasteiger partial charge in [-0.05, 0) is 30.7 Å². The lowest BCUT2D eigenvalue weighted by atomic mass is 10.1. The number of carbonyl (C=O) groups excluding carboxylic acids is 1. The first kappa shape index (κ1) is 22.1. The Morgan fingerprint density at radius 1 is 1.18 bits per heavy atom. The van der Waals surface area contributed by atoms with Gasteiger partial charge in [0.1, 0.15) is 6.10 Å². The van der Waals surface area contributed by atoms with E-state index in [4.69, 9.17) is 20.4 Å². The zero-order chi connectivity index (χ0) is 23.7. The summed E-state index contributed by atoms with van der Waals surface area (Å²) in [7, 11) is 0. The van der Waals surface area contributed by atoms with Gasteiger partial charge in [-0.2, -0.15) is 0 Å². The average molecular weight is 478 g/mol. The van der Waals surface area contributed by atoms with E-state index in [0.717, 1.165) is 39.6 Å². The van der Waals surface area contributed by atoms with Crippen molar-refractivity contribution in [2.24, 2.45) is 0 Å². The van der Waals surface area contributed by atoms with Gasteiger partial charge in [0.25, 0.3) is 5.91 Å². The number of nitrogens with zero attached hydrogens (tertiary/aromatic N) is 5. The van der Waals surface area contributed by atoms with Gasteiger partial charge < -0.3 is 25.8 Å². The summed E-state index contributed by atoms with van der Waals surface area (Å²) in [6.07, 6.45) is 2.15. The predicted octanol–water partition coefficient (Wildman–Crippen LogP) is 2.55. The number of aliphatic hydroxyl groups is 1. The van der Waals surface area contributed by atoms with Crippen LogP contribution in [0.5, 0.6) is 0 Å². The minimum atomic E-state index is -1.09. The second kappa shape index (κ2) is 9.29. The maximum absolute atomic E-state index is 11.9. The first-order chi connectivity index (χ1) is 16.5. The van der Waals surface area contributed by atoms with E-state index in [1.165, 1.54) is 6.92 Å². The van der Waals surface area contributed by atoms with Crippen LogP contribution in [0.1, 0.15) is 6.92 Å². The van der Waals surface area contributed by atoms with Crippen molar-refractivity contribution in [3.8, 4) is 21.8 Å².